The van der Waals surface area contributed by atoms with Crippen molar-refractivity contribution in [3.8, 4) is 0 Å². The van der Waals surface area contributed by atoms with E-state index >= 15 is 0 Å². The monoisotopic (exact) mass is 387 g/mol. The van der Waals surface area contributed by atoms with E-state index in [1.54, 1.807) is 4.90 Å². The second-order valence-electron chi connectivity index (χ2n) is 8.90. The standard InChI is InChI=1S/C23H37N3O2/c1-17(2)14-25(15-18(3)4)13-12-24-23(28)21-10-11-22(27)26(21)16-20-8-6-19(5)7-9-20/h6-9,17-18,21H,10-16H2,1-5H3,(H,24,28)/t21-/m0/s1. The van der Waals surface area contributed by atoms with E-state index < -0.39 is 0 Å². The molecular weight excluding hydrogens is 350 g/mol. The van der Waals surface area contributed by atoms with E-state index in [0.29, 0.717) is 37.8 Å². The predicted octanol–water partition coefficient (Wildman–Crippen LogP) is 3.22. The summed E-state index contributed by atoms with van der Waals surface area (Å²) in [6, 6.07) is 7.81. The van der Waals surface area contributed by atoms with Gasteiger partial charge in [-0.3, -0.25) is 9.59 Å². The van der Waals surface area contributed by atoms with Gasteiger partial charge < -0.3 is 15.1 Å². The number of hydrogen-bond donors (Lipinski definition) is 1. The van der Waals surface area contributed by atoms with Crippen LogP contribution in [-0.4, -0.2) is 53.8 Å². The molecule has 1 atom stereocenters. The van der Waals surface area contributed by atoms with Gasteiger partial charge in [-0.15, -0.1) is 0 Å². The van der Waals surface area contributed by atoms with E-state index in [0.717, 1.165) is 25.2 Å². The van der Waals surface area contributed by atoms with E-state index in [1.807, 2.05) is 31.2 Å². The Bertz CT molecular complexity index is 630. The third-order valence-corrected chi connectivity index (χ3v) is 5.08. The lowest BCUT2D eigenvalue weighted by Crippen LogP contribution is -2.46. The van der Waals surface area contributed by atoms with Gasteiger partial charge in [-0.05, 0) is 30.7 Å². The fraction of sp³-hybridized carbons (Fsp3) is 0.652. The van der Waals surface area contributed by atoms with Gasteiger partial charge in [0.05, 0.1) is 0 Å². The molecular formula is C23H37N3O2. The highest BCUT2D eigenvalue weighted by Gasteiger charge is 2.35. The van der Waals surface area contributed by atoms with Crippen LogP contribution in [0.15, 0.2) is 24.3 Å². The fourth-order valence-corrected chi connectivity index (χ4v) is 3.84. The average Bonchev–Trinajstić information content (AvgIpc) is 2.96. The Labute approximate surface area is 170 Å². The molecule has 156 valence electrons. The van der Waals surface area contributed by atoms with Crippen molar-refractivity contribution >= 4 is 11.8 Å². The van der Waals surface area contributed by atoms with Gasteiger partial charge in [-0.2, -0.15) is 0 Å². The summed E-state index contributed by atoms with van der Waals surface area (Å²) in [5, 5.41) is 3.07. The van der Waals surface area contributed by atoms with Crippen molar-refractivity contribution in [2.45, 2.75) is 60.0 Å². The Kier molecular flexibility index (Phi) is 8.49. The Morgan fingerprint density at radius 3 is 2.32 bits per heavy atom. The van der Waals surface area contributed by atoms with Crippen molar-refractivity contribution in [1.82, 2.24) is 15.1 Å². The SMILES string of the molecule is Cc1ccc(CN2C(=O)CC[C@H]2C(=O)NCCN(CC(C)C)CC(C)C)cc1. The Morgan fingerprint density at radius 1 is 1.14 bits per heavy atom. The smallest absolute Gasteiger partial charge is 0.242 e. The van der Waals surface area contributed by atoms with Crippen LogP contribution in [0.3, 0.4) is 0 Å². The van der Waals surface area contributed by atoms with Crippen molar-refractivity contribution in [3.63, 3.8) is 0 Å². The van der Waals surface area contributed by atoms with E-state index in [4.69, 9.17) is 0 Å². The molecule has 1 N–H and O–H groups in total. The molecule has 0 bridgehead atoms. The van der Waals surface area contributed by atoms with Crippen LogP contribution < -0.4 is 5.32 Å². The third kappa shape index (κ3) is 6.93. The zero-order valence-electron chi connectivity index (χ0n) is 18.2. The number of carbonyl (C=O) groups is 2. The highest BCUT2D eigenvalue weighted by molar-refractivity contribution is 5.90. The molecule has 1 aliphatic heterocycles. The zero-order chi connectivity index (χ0) is 20.7. The second kappa shape index (κ2) is 10.6. The molecule has 0 saturated carbocycles. The van der Waals surface area contributed by atoms with Crippen LogP contribution in [0.5, 0.6) is 0 Å². The number of aryl methyl sites for hydroxylation is 1. The first-order valence-electron chi connectivity index (χ1n) is 10.6. The molecule has 0 aliphatic carbocycles. The molecule has 1 heterocycles. The Hall–Kier alpha value is -1.88. The average molecular weight is 388 g/mol. The number of carbonyl (C=O) groups excluding carboxylic acids is 2. The van der Waals surface area contributed by atoms with E-state index in [1.165, 1.54) is 5.56 Å². The number of hydrogen-bond acceptors (Lipinski definition) is 3. The molecule has 2 rings (SSSR count). The lowest BCUT2D eigenvalue weighted by Gasteiger charge is -2.27. The van der Waals surface area contributed by atoms with Gasteiger partial charge in [0.25, 0.3) is 0 Å². The predicted molar refractivity (Wildman–Crippen MR) is 114 cm³/mol. The molecule has 1 aromatic carbocycles. The van der Waals surface area contributed by atoms with Crippen molar-refractivity contribution in [2.75, 3.05) is 26.2 Å². The second-order valence-corrected chi connectivity index (χ2v) is 8.90. The number of nitrogens with zero attached hydrogens (tertiary/aromatic N) is 2. The summed E-state index contributed by atoms with van der Waals surface area (Å²) >= 11 is 0. The van der Waals surface area contributed by atoms with Crippen molar-refractivity contribution < 1.29 is 9.59 Å². The molecule has 0 spiro atoms. The fourth-order valence-electron chi connectivity index (χ4n) is 3.84. The van der Waals surface area contributed by atoms with E-state index in [-0.39, 0.29) is 17.9 Å². The zero-order valence-corrected chi connectivity index (χ0v) is 18.2. The maximum Gasteiger partial charge on any atom is 0.242 e. The summed E-state index contributed by atoms with van der Waals surface area (Å²) in [5.74, 6) is 1.26. The van der Waals surface area contributed by atoms with Crippen LogP contribution in [0.2, 0.25) is 0 Å². The van der Waals surface area contributed by atoms with Crippen LogP contribution in [0.4, 0.5) is 0 Å². The summed E-state index contributed by atoms with van der Waals surface area (Å²) in [4.78, 5) is 29.2. The molecule has 5 heteroatoms. The van der Waals surface area contributed by atoms with Crippen LogP contribution in [0.25, 0.3) is 0 Å². The minimum Gasteiger partial charge on any atom is -0.353 e. The molecule has 1 aromatic rings. The van der Waals surface area contributed by atoms with Crippen molar-refractivity contribution in [1.29, 1.82) is 0 Å². The van der Waals surface area contributed by atoms with Gasteiger partial charge in [-0.1, -0.05) is 57.5 Å². The molecule has 0 unspecified atom stereocenters. The van der Waals surface area contributed by atoms with Crippen molar-refractivity contribution in [2.24, 2.45) is 11.8 Å². The number of benzene rings is 1. The summed E-state index contributed by atoms with van der Waals surface area (Å²) in [5.41, 5.74) is 2.26. The molecule has 1 fully saturated rings. The maximum atomic E-state index is 12.7. The lowest BCUT2D eigenvalue weighted by atomic mass is 10.1. The molecule has 0 aromatic heterocycles. The highest BCUT2D eigenvalue weighted by Crippen LogP contribution is 2.22. The van der Waals surface area contributed by atoms with Crippen LogP contribution in [-0.2, 0) is 16.1 Å². The summed E-state index contributed by atoms with van der Waals surface area (Å²) in [7, 11) is 0. The molecule has 1 aliphatic rings. The van der Waals surface area contributed by atoms with E-state index in [2.05, 4.69) is 37.9 Å². The van der Waals surface area contributed by atoms with Gasteiger partial charge in [-0.25, -0.2) is 0 Å². The molecule has 0 radical (unpaired) electrons. The third-order valence-electron chi connectivity index (χ3n) is 5.08. The molecule has 1 saturated heterocycles. The Balaban J connectivity index is 1.88. The molecule has 2 amide bonds. The van der Waals surface area contributed by atoms with Gasteiger partial charge >= 0.3 is 0 Å². The molecule has 28 heavy (non-hydrogen) atoms. The summed E-state index contributed by atoms with van der Waals surface area (Å²) < 4.78 is 0. The number of amides is 2. The van der Waals surface area contributed by atoms with Gasteiger partial charge in [0, 0.05) is 39.1 Å². The van der Waals surface area contributed by atoms with Crippen LogP contribution >= 0.6 is 0 Å². The minimum absolute atomic E-state index is 0.0213. The Morgan fingerprint density at radius 2 is 1.75 bits per heavy atom. The van der Waals surface area contributed by atoms with Gasteiger partial charge in [0.15, 0.2) is 0 Å². The first-order valence-corrected chi connectivity index (χ1v) is 10.6. The quantitative estimate of drug-likeness (QED) is 0.671. The first-order chi connectivity index (χ1) is 13.3. The summed E-state index contributed by atoms with van der Waals surface area (Å²) in [6.45, 7) is 15.0. The number of rotatable bonds is 10. The number of likely N-dealkylation sites (tertiary alicyclic amines) is 1. The van der Waals surface area contributed by atoms with E-state index in [9.17, 15) is 9.59 Å². The number of nitrogens with one attached hydrogen (secondary N) is 1. The maximum absolute atomic E-state index is 12.7. The normalized spacial score (nSPS) is 17.2. The van der Waals surface area contributed by atoms with Gasteiger partial charge in [0.2, 0.25) is 11.8 Å². The summed E-state index contributed by atoms with van der Waals surface area (Å²) in [6.07, 6.45) is 1.06. The highest BCUT2D eigenvalue weighted by atomic mass is 16.2. The topological polar surface area (TPSA) is 52.7 Å². The lowest BCUT2D eigenvalue weighted by molar-refractivity contribution is -0.135. The first kappa shape index (κ1) is 22.4. The van der Waals surface area contributed by atoms with Crippen molar-refractivity contribution in [3.05, 3.63) is 35.4 Å². The van der Waals surface area contributed by atoms with Crippen LogP contribution in [0.1, 0.15) is 51.7 Å². The largest absolute Gasteiger partial charge is 0.353 e. The van der Waals surface area contributed by atoms with Crippen LogP contribution in [0, 0.1) is 18.8 Å². The molecule has 5 nitrogen and oxygen atoms in total. The minimum atomic E-state index is -0.350. The van der Waals surface area contributed by atoms with Gasteiger partial charge in [0.1, 0.15) is 6.04 Å².